The van der Waals surface area contributed by atoms with Crippen molar-refractivity contribution < 1.29 is 23.8 Å². The first kappa shape index (κ1) is 18.2. The number of methoxy groups -OCH3 is 2. The van der Waals surface area contributed by atoms with Crippen molar-refractivity contribution >= 4 is 5.71 Å². The van der Waals surface area contributed by atoms with Gasteiger partial charge in [-0.2, -0.15) is 0 Å². The van der Waals surface area contributed by atoms with Crippen molar-refractivity contribution in [2.75, 3.05) is 60.8 Å². The quantitative estimate of drug-likeness (QED) is 0.742. The molecular weight excluding hydrogens is 350 g/mol. The summed E-state index contributed by atoms with van der Waals surface area (Å²) in [5.74, 6) is 2.52. The van der Waals surface area contributed by atoms with Crippen molar-refractivity contribution in [1.82, 2.24) is 9.80 Å². The summed E-state index contributed by atoms with van der Waals surface area (Å²) < 4.78 is 22.1. The van der Waals surface area contributed by atoms with Gasteiger partial charge in [-0.15, -0.1) is 0 Å². The van der Waals surface area contributed by atoms with E-state index in [1.165, 1.54) is 0 Å². The Morgan fingerprint density at radius 3 is 2.63 bits per heavy atom. The SMILES string of the molecule is COc1cc(C[C@H]2CC(CN3CCN(C)CC3)=NO2)c(OC)c2c1OCO2. The van der Waals surface area contributed by atoms with Gasteiger partial charge in [-0.25, -0.2) is 0 Å². The number of benzene rings is 1. The molecule has 4 rings (SSSR count). The van der Waals surface area contributed by atoms with Gasteiger partial charge in [-0.1, -0.05) is 5.16 Å². The Bertz CT molecular complexity index is 716. The molecule has 1 aromatic rings. The van der Waals surface area contributed by atoms with Crippen molar-refractivity contribution in [1.29, 1.82) is 0 Å². The van der Waals surface area contributed by atoms with Gasteiger partial charge >= 0.3 is 0 Å². The Balaban J connectivity index is 1.40. The summed E-state index contributed by atoms with van der Waals surface area (Å²) in [6, 6.07) is 1.94. The van der Waals surface area contributed by atoms with Gasteiger partial charge in [0.15, 0.2) is 11.5 Å². The van der Waals surface area contributed by atoms with Crippen molar-refractivity contribution in [3.63, 3.8) is 0 Å². The summed E-state index contributed by atoms with van der Waals surface area (Å²) in [5, 5.41) is 4.33. The second-order valence-corrected chi connectivity index (χ2v) is 7.21. The molecule has 1 saturated heterocycles. The molecule has 1 aromatic carbocycles. The van der Waals surface area contributed by atoms with E-state index in [1.807, 2.05) is 6.07 Å². The molecule has 1 atom stereocenters. The molecule has 0 aromatic heterocycles. The summed E-state index contributed by atoms with van der Waals surface area (Å²) in [7, 11) is 5.42. The van der Waals surface area contributed by atoms with E-state index in [4.69, 9.17) is 23.8 Å². The van der Waals surface area contributed by atoms with E-state index in [9.17, 15) is 0 Å². The third-order valence-electron chi connectivity index (χ3n) is 5.31. The molecule has 0 N–H and O–H groups in total. The Labute approximate surface area is 159 Å². The van der Waals surface area contributed by atoms with E-state index >= 15 is 0 Å². The highest BCUT2D eigenvalue weighted by Crippen LogP contribution is 2.49. The van der Waals surface area contributed by atoms with E-state index < -0.39 is 0 Å². The smallest absolute Gasteiger partial charge is 0.231 e. The molecule has 0 unspecified atom stereocenters. The van der Waals surface area contributed by atoms with Crippen LogP contribution in [0.2, 0.25) is 0 Å². The lowest BCUT2D eigenvalue weighted by Gasteiger charge is -2.32. The van der Waals surface area contributed by atoms with Gasteiger partial charge in [0, 0.05) is 51.1 Å². The number of fused-ring (bicyclic) bond motifs is 1. The molecule has 1 fully saturated rings. The second kappa shape index (κ2) is 7.82. The van der Waals surface area contributed by atoms with Gasteiger partial charge in [0.2, 0.25) is 18.3 Å². The number of hydrogen-bond donors (Lipinski definition) is 0. The highest BCUT2D eigenvalue weighted by molar-refractivity contribution is 5.87. The maximum absolute atomic E-state index is 5.71. The van der Waals surface area contributed by atoms with Crippen LogP contribution in [0.25, 0.3) is 0 Å². The molecule has 0 spiro atoms. The number of likely N-dealkylation sites (N-methyl/N-ethyl adjacent to an activating group) is 1. The van der Waals surface area contributed by atoms with Gasteiger partial charge in [0.05, 0.1) is 19.9 Å². The molecule has 0 radical (unpaired) electrons. The number of oxime groups is 1. The largest absolute Gasteiger partial charge is 0.493 e. The minimum Gasteiger partial charge on any atom is -0.493 e. The van der Waals surface area contributed by atoms with E-state index in [2.05, 4.69) is 22.0 Å². The summed E-state index contributed by atoms with van der Waals surface area (Å²) in [6.07, 6.45) is 1.49. The van der Waals surface area contributed by atoms with Crippen molar-refractivity contribution in [3.05, 3.63) is 11.6 Å². The zero-order valence-corrected chi connectivity index (χ0v) is 16.2. The van der Waals surface area contributed by atoms with Crippen LogP contribution >= 0.6 is 0 Å². The normalized spacial score (nSPS) is 22.5. The maximum Gasteiger partial charge on any atom is 0.231 e. The molecule has 0 aliphatic carbocycles. The molecule has 0 saturated carbocycles. The average molecular weight is 377 g/mol. The Kier molecular flexibility index (Phi) is 5.27. The topological polar surface area (TPSA) is 65.0 Å². The standard InChI is InChI=1S/C19H27N3O5/c1-21-4-6-22(7-5-21)11-14-10-15(27-20-14)8-13-9-16(23-2)18-19(17(13)24-3)26-12-25-18/h9,15H,4-8,10-12H2,1-3H3/t15-/m0/s1. The predicted octanol–water partition coefficient (Wildman–Crippen LogP) is 1.37. The summed E-state index contributed by atoms with van der Waals surface area (Å²) in [4.78, 5) is 10.5. The van der Waals surface area contributed by atoms with E-state index in [-0.39, 0.29) is 12.9 Å². The molecule has 0 amide bonds. The van der Waals surface area contributed by atoms with Gasteiger partial charge in [-0.3, -0.25) is 4.90 Å². The molecule has 3 heterocycles. The van der Waals surface area contributed by atoms with Crippen LogP contribution in [0.4, 0.5) is 0 Å². The summed E-state index contributed by atoms with van der Waals surface area (Å²) in [5.41, 5.74) is 2.08. The third kappa shape index (κ3) is 3.77. The molecule has 8 heteroatoms. The van der Waals surface area contributed by atoms with Gasteiger partial charge < -0.3 is 28.7 Å². The number of ether oxygens (including phenoxy) is 4. The lowest BCUT2D eigenvalue weighted by atomic mass is 10.0. The molecule has 8 nitrogen and oxygen atoms in total. The second-order valence-electron chi connectivity index (χ2n) is 7.21. The lowest BCUT2D eigenvalue weighted by Crippen LogP contribution is -2.46. The van der Waals surface area contributed by atoms with Crippen LogP contribution in [0.3, 0.4) is 0 Å². The average Bonchev–Trinajstić information content (AvgIpc) is 3.33. The number of hydrogen-bond acceptors (Lipinski definition) is 8. The fraction of sp³-hybridized carbons (Fsp3) is 0.632. The molecule has 0 bridgehead atoms. The highest BCUT2D eigenvalue weighted by atomic mass is 16.7. The van der Waals surface area contributed by atoms with Crippen molar-refractivity contribution in [2.24, 2.45) is 5.16 Å². The highest BCUT2D eigenvalue weighted by Gasteiger charge is 2.30. The lowest BCUT2D eigenvalue weighted by molar-refractivity contribution is 0.0852. The zero-order valence-electron chi connectivity index (χ0n) is 16.2. The zero-order chi connectivity index (χ0) is 18.8. The Morgan fingerprint density at radius 2 is 1.89 bits per heavy atom. The molecule has 148 valence electrons. The van der Waals surface area contributed by atoms with Crippen LogP contribution in [0.1, 0.15) is 12.0 Å². The minimum absolute atomic E-state index is 0.00792. The fourth-order valence-corrected chi connectivity index (χ4v) is 3.79. The Morgan fingerprint density at radius 1 is 1.11 bits per heavy atom. The summed E-state index contributed by atoms with van der Waals surface area (Å²) in [6.45, 7) is 5.41. The minimum atomic E-state index is -0.00792. The Hall–Kier alpha value is -2.19. The van der Waals surface area contributed by atoms with Gasteiger partial charge in [-0.05, 0) is 13.1 Å². The summed E-state index contributed by atoms with van der Waals surface area (Å²) >= 11 is 0. The maximum atomic E-state index is 5.71. The molecule has 3 aliphatic rings. The monoisotopic (exact) mass is 377 g/mol. The van der Waals surface area contributed by atoms with Gasteiger partial charge in [0.25, 0.3) is 0 Å². The van der Waals surface area contributed by atoms with Gasteiger partial charge in [0.1, 0.15) is 6.10 Å². The first-order chi connectivity index (χ1) is 13.2. The van der Waals surface area contributed by atoms with E-state index in [1.54, 1.807) is 14.2 Å². The molecule has 3 aliphatic heterocycles. The van der Waals surface area contributed by atoms with Crippen LogP contribution in [0.5, 0.6) is 23.0 Å². The first-order valence-corrected chi connectivity index (χ1v) is 9.34. The fourth-order valence-electron chi connectivity index (χ4n) is 3.79. The predicted molar refractivity (Wildman–Crippen MR) is 100 cm³/mol. The van der Waals surface area contributed by atoms with Crippen LogP contribution in [0.15, 0.2) is 11.2 Å². The van der Waals surface area contributed by atoms with Crippen molar-refractivity contribution in [3.8, 4) is 23.0 Å². The first-order valence-electron chi connectivity index (χ1n) is 9.34. The van der Waals surface area contributed by atoms with Crippen LogP contribution in [-0.2, 0) is 11.3 Å². The van der Waals surface area contributed by atoms with Crippen LogP contribution in [0, 0.1) is 0 Å². The van der Waals surface area contributed by atoms with Crippen LogP contribution in [-0.4, -0.2) is 82.4 Å². The number of nitrogens with zero attached hydrogens (tertiary/aromatic N) is 3. The number of rotatable bonds is 6. The van der Waals surface area contributed by atoms with E-state index in [0.717, 1.165) is 50.4 Å². The van der Waals surface area contributed by atoms with Crippen LogP contribution < -0.4 is 18.9 Å². The third-order valence-corrected chi connectivity index (χ3v) is 5.31. The number of piperazine rings is 1. The van der Waals surface area contributed by atoms with Crippen molar-refractivity contribution in [2.45, 2.75) is 18.9 Å². The molecular formula is C19H27N3O5. The van der Waals surface area contributed by atoms with E-state index in [0.29, 0.717) is 29.4 Å². The molecule has 27 heavy (non-hydrogen) atoms.